The molecule has 0 aromatic heterocycles. The smallest absolute Gasteiger partial charge is 0.119 e. The number of ether oxygens (including phenoxy) is 1. The van der Waals surface area contributed by atoms with Crippen molar-refractivity contribution in [1.82, 2.24) is 4.90 Å². The first-order valence-corrected chi connectivity index (χ1v) is 9.32. The molecule has 0 aliphatic carbocycles. The number of hydrogen-bond acceptors (Lipinski definition) is 2. The first kappa shape index (κ1) is 17.2. The summed E-state index contributed by atoms with van der Waals surface area (Å²) in [5.41, 5.74) is 2.17. The molecule has 2 aromatic rings. The van der Waals surface area contributed by atoms with Gasteiger partial charge in [-0.1, -0.05) is 67.1 Å². The van der Waals surface area contributed by atoms with Crippen molar-refractivity contribution in [1.29, 1.82) is 0 Å². The van der Waals surface area contributed by atoms with Gasteiger partial charge in [0.25, 0.3) is 0 Å². The summed E-state index contributed by atoms with van der Waals surface area (Å²) in [6.07, 6.45) is 5.04. The lowest BCUT2D eigenvalue weighted by atomic mass is 9.83. The molecule has 0 unspecified atom stereocenters. The predicted octanol–water partition coefficient (Wildman–Crippen LogP) is 4.84. The molecular formula is C22H29NO. The summed E-state index contributed by atoms with van der Waals surface area (Å²) in [5.74, 6) is 0. The second-order valence-corrected chi connectivity index (χ2v) is 6.64. The average Bonchev–Trinajstić information content (AvgIpc) is 2.67. The standard InChI is InChI=1S/C22H29NO/c1-2-24-22(20-12-6-3-7-13-20,21-14-8-4-9-15-21)16-19-23-17-10-5-11-18-23/h3-4,6-9,12-15H,2,5,10-11,16-19H2,1H3. The number of rotatable bonds is 7. The Bertz CT molecular complexity index is 550. The minimum absolute atomic E-state index is 0.352. The van der Waals surface area contributed by atoms with Gasteiger partial charge in [-0.05, 0) is 50.4 Å². The van der Waals surface area contributed by atoms with Crippen molar-refractivity contribution in [2.45, 2.75) is 38.2 Å². The molecule has 2 aromatic carbocycles. The van der Waals surface area contributed by atoms with Gasteiger partial charge in [-0.15, -0.1) is 0 Å². The summed E-state index contributed by atoms with van der Waals surface area (Å²) >= 11 is 0. The third kappa shape index (κ3) is 3.88. The third-order valence-electron chi connectivity index (χ3n) is 5.10. The van der Waals surface area contributed by atoms with Gasteiger partial charge in [0.15, 0.2) is 0 Å². The molecule has 0 amide bonds. The van der Waals surface area contributed by atoms with Gasteiger partial charge in [-0.3, -0.25) is 0 Å². The van der Waals surface area contributed by atoms with Crippen molar-refractivity contribution >= 4 is 0 Å². The second-order valence-electron chi connectivity index (χ2n) is 6.64. The van der Waals surface area contributed by atoms with Crippen LogP contribution < -0.4 is 0 Å². The number of piperidine rings is 1. The van der Waals surface area contributed by atoms with E-state index in [1.165, 1.54) is 43.5 Å². The second kappa shape index (κ2) is 8.46. The largest absolute Gasteiger partial charge is 0.366 e. The topological polar surface area (TPSA) is 12.5 Å². The highest BCUT2D eigenvalue weighted by molar-refractivity contribution is 5.36. The summed E-state index contributed by atoms with van der Waals surface area (Å²) in [5, 5.41) is 0. The van der Waals surface area contributed by atoms with E-state index in [4.69, 9.17) is 4.74 Å². The zero-order chi connectivity index (χ0) is 16.7. The van der Waals surface area contributed by atoms with Gasteiger partial charge < -0.3 is 9.64 Å². The minimum Gasteiger partial charge on any atom is -0.366 e. The molecule has 24 heavy (non-hydrogen) atoms. The van der Waals surface area contributed by atoms with Gasteiger partial charge in [0.2, 0.25) is 0 Å². The zero-order valence-corrected chi connectivity index (χ0v) is 14.8. The Balaban J connectivity index is 1.91. The van der Waals surface area contributed by atoms with E-state index >= 15 is 0 Å². The lowest BCUT2D eigenvalue weighted by molar-refractivity contribution is -0.0247. The van der Waals surface area contributed by atoms with E-state index in [2.05, 4.69) is 72.5 Å². The van der Waals surface area contributed by atoms with Crippen molar-refractivity contribution in [3.8, 4) is 0 Å². The highest BCUT2D eigenvalue weighted by atomic mass is 16.5. The van der Waals surface area contributed by atoms with Gasteiger partial charge in [-0.2, -0.15) is 0 Å². The van der Waals surface area contributed by atoms with Crippen LogP contribution in [0.15, 0.2) is 60.7 Å². The highest BCUT2D eigenvalue weighted by Crippen LogP contribution is 2.37. The molecule has 2 heteroatoms. The van der Waals surface area contributed by atoms with Crippen LogP contribution in [0.4, 0.5) is 0 Å². The molecule has 1 aliphatic heterocycles. The maximum Gasteiger partial charge on any atom is 0.119 e. The Morgan fingerprint density at radius 3 is 1.88 bits per heavy atom. The fourth-order valence-electron chi connectivity index (χ4n) is 3.85. The van der Waals surface area contributed by atoms with E-state index in [0.717, 1.165) is 13.0 Å². The van der Waals surface area contributed by atoms with E-state index in [1.54, 1.807) is 0 Å². The number of nitrogens with zero attached hydrogens (tertiary/aromatic N) is 1. The first-order chi connectivity index (χ1) is 11.8. The van der Waals surface area contributed by atoms with E-state index in [9.17, 15) is 0 Å². The molecule has 0 N–H and O–H groups in total. The number of hydrogen-bond donors (Lipinski definition) is 0. The maximum absolute atomic E-state index is 6.47. The molecule has 128 valence electrons. The van der Waals surface area contributed by atoms with Crippen LogP contribution in [0.3, 0.4) is 0 Å². The van der Waals surface area contributed by atoms with Gasteiger partial charge in [0.05, 0.1) is 0 Å². The van der Waals surface area contributed by atoms with Crippen LogP contribution in [-0.2, 0) is 10.3 Å². The van der Waals surface area contributed by atoms with Crippen LogP contribution >= 0.6 is 0 Å². The summed E-state index contributed by atoms with van der Waals surface area (Å²) in [7, 11) is 0. The lowest BCUT2D eigenvalue weighted by Gasteiger charge is -2.37. The average molecular weight is 323 g/mol. The van der Waals surface area contributed by atoms with Gasteiger partial charge >= 0.3 is 0 Å². The Labute approximate surface area is 146 Å². The van der Waals surface area contributed by atoms with E-state index in [1.807, 2.05) is 0 Å². The zero-order valence-electron chi connectivity index (χ0n) is 14.8. The summed E-state index contributed by atoms with van der Waals surface area (Å²) in [6.45, 7) is 6.35. The van der Waals surface area contributed by atoms with Crippen LogP contribution in [0.25, 0.3) is 0 Å². The van der Waals surface area contributed by atoms with Crippen LogP contribution in [0.1, 0.15) is 43.7 Å². The van der Waals surface area contributed by atoms with Crippen molar-refractivity contribution in [2.75, 3.05) is 26.2 Å². The first-order valence-electron chi connectivity index (χ1n) is 9.32. The molecule has 0 saturated carbocycles. The van der Waals surface area contributed by atoms with Gasteiger partial charge in [-0.25, -0.2) is 0 Å². The molecule has 0 atom stereocenters. The third-order valence-corrected chi connectivity index (χ3v) is 5.10. The molecular weight excluding hydrogens is 294 g/mol. The van der Waals surface area contributed by atoms with Crippen molar-refractivity contribution in [3.63, 3.8) is 0 Å². The van der Waals surface area contributed by atoms with Crippen LogP contribution in [0, 0.1) is 0 Å². The fourth-order valence-corrected chi connectivity index (χ4v) is 3.85. The van der Waals surface area contributed by atoms with E-state index in [-0.39, 0.29) is 5.60 Å². The van der Waals surface area contributed by atoms with Crippen LogP contribution in [-0.4, -0.2) is 31.1 Å². The summed E-state index contributed by atoms with van der Waals surface area (Å²) in [6, 6.07) is 21.5. The molecule has 3 rings (SSSR count). The highest BCUT2D eigenvalue weighted by Gasteiger charge is 2.35. The van der Waals surface area contributed by atoms with Crippen LogP contribution in [0.2, 0.25) is 0 Å². The summed E-state index contributed by atoms with van der Waals surface area (Å²) < 4.78 is 6.47. The molecule has 1 heterocycles. The molecule has 1 saturated heterocycles. The molecule has 1 aliphatic rings. The molecule has 0 bridgehead atoms. The molecule has 0 radical (unpaired) electrons. The van der Waals surface area contributed by atoms with Crippen molar-refractivity contribution < 1.29 is 4.74 Å². The summed E-state index contributed by atoms with van der Waals surface area (Å²) in [4.78, 5) is 2.60. The molecule has 0 spiro atoms. The Hall–Kier alpha value is -1.64. The quantitative estimate of drug-likeness (QED) is 0.723. The number of likely N-dealkylation sites (tertiary alicyclic amines) is 1. The maximum atomic E-state index is 6.47. The van der Waals surface area contributed by atoms with Crippen molar-refractivity contribution in [2.24, 2.45) is 0 Å². The molecule has 1 fully saturated rings. The minimum atomic E-state index is -0.352. The van der Waals surface area contributed by atoms with Crippen molar-refractivity contribution in [3.05, 3.63) is 71.8 Å². The van der Waals surface area contributed by atoms with E-state index in [0.29, 0.717) is 6.61 Å². The lowest BCUT2D eigenvalue weighted by Crippen LogP contribution is -2.38. The monoisotopic (exact) mass is 323 g/mol. The number of benzene rings is 2. The normalized spacial score (nSPS) is 16.2. The molecule has 2 nitrogen and oxygen atoms in total. The Morgan fingerprint density at radius 2 is 1.38 bits per heavy atom. The van der Waals surface area contributed by atoms with E-state index < -0.39 is 0 Å². The van der Waals surface area contributed by atoms with Gasteiger partial charge in [0, 0.05) is 13.2 Å². The fraction of sp³-hybridized carbons (Fsp3) is 0.455. The predicted molar refractivity (Wildman–Crippen MR) is 100 cm³/mol. The Morgan fingerprint density at radius 1 is 0.833 bits per heavy atom. The Kier molecular flexibility index (Phi) is 6.06. The SMILES string of the molecule is CCOC(CCN1CCCCC1)(c1ccccc1)c1ccccc1. The van der Waals surface area contributed by atoms with Gasteiger partial charge in [0.1, 0.15) is 5.60 Å². The van der Waals surface area contributed by atoms with Crippen LogP contribution in [0.5, 0.6) is 0 Å².